The van der Waals surface area contributed by atoms with Crippen molar-refractivity contribution in [1.29, 1.82) is 0 Å². The topological polar surface area (TPSA) is 188 Å². The molecule has 0 aromatic carbocycles. The molecule has 190 valence electrons. The summed E-state index contributed by atoms with van der Waals surface area (Å²) in [4.78, 5) is 60.5. The smallest absolute Gasteiger partial charge is 0.326 e. The summed E-state index contributed by atoms with van der Waals surface area (Å²) >= 11 is 2.84. The summed E-state index contributed by atoms with van der Waals surface area (Å²) in [6, 6.07) is -4.58. The average molecular weight is 509 g/mol. The Morgan fingerprint density at radius 1 is 0.788 bits per heavy atom. The van der Waals surface area contributed by atoms with Crippen molar-refractivity contribution < 1.29 is 34.2 Å². The molecule has 0 aliphatic heterocycles. The van der Waals surface area contributed by atoms with Gasteiger partial charge in [0.1, 0.15) is 18.1 Å². The summed E-state index contributed by atoms with van der Waals surface area (Å²) in [7, 11) is 0. The van der Waals surface area contributed by atoms with Gasteiger partial charge in [0.2, 0.25) is 17.7 Å². The van der Waals surface area contributed by atoms with Gasteiger partial charge in [-0.25, -0.2) is 4.79 Å². The molecular weight excluding hydrogens is 472 g/mol. The number of amides is 3. The van der Waals surface area contributed by atoms with Crippen molar-refractivity contribution in [3.63, 3.8) is 0 Å². The van der Waals surface area contributed by atoms with Gasteiger partial charge in [-0.1, -0.05) is 13.8 Å². The van der Waals surface area contributed by atoms with Crippen LogP contribution in [0.2, 0.25) is 0 Å². The fraction of sp³-hybridized carbons (Fsp3) is 0.750. The Morgan fingerprint density at radius 2 is 1.24 bits per heavy atom. The molecule has 13 heteroatoms. The Kier molecular flexibility index (Phi) is 15.6. The third-order valence-corrected chi connectivity index (χ3v) is 5.83. The molecule has 4 unspecified atom stereocenters. The van der Waals surface area contributed by atoms with Gasteiger partial charge in [0, 0.05) is 0 Å². The second kappa shape index (κ2) is 16.6. The van der Waals surface area contributed by atoms with Gasteiger partial charge < -0.3 is 31.9 Å². The molecule has 0 aromatic heterocycles. The van der Waals surface area contributed by atoms with E-state index in [9.17, 15) is 34.2 Å². The summed E-state index contributed by atoms with van der Waals surface area (Å²) in [5, 5.41) is 25.7. The van der Waals surface area contributed by atoms with Gasteiger partial charge in [-0.15, -0.1) is 0 Å². The summed E-state index contributed by atoms with van der Waals surface area (Å²) in [6.45, 7) is 3.81. The number of hydrogen-bond acceptors (Lipinski definition) is 8. The molecule has 0 saturated carbocycles. The first-order valence-electron chi connectivity index (χ1n) is 10.5. The van der Waals surface area contributed by atoms with Crippen LogP contribution in [0.25, 0.3) is 0 Å². The molecule has 0 spiro atoms. The highest BCUT2D eigenvalue weighted by atomic mass is 32.2. The molecule has 33 heavy (non-hydrogen) atoms. The predicted octanol–water partition coefficient (Wildman–Crippen LogP) is -0.120. The van der Waals surface area contributed by atoms with Crippen LogP contribution in [0.1, 0.15) is 39.5 Å². The van der Waals surface area contributed by atoms with Gasteiger partial charge in [-0.3, -0.25) is 19.2 Å². The minimum atomic E-state index is -1.51. The highest BCUT2D eigenvalue weighted by Gasteiger charge is 2.31. The van der Waals surface area contributed by atoms with Crippen LogP contribution in [0.15, 0.2) is 0 Å². The summed E-state index contributed by atoms with van der Waals surface area (Å²) in [5.74, 6) is -3.65. The maximum Gasteiger partial charge on any atom is 0.326 e. The molecule has 0 rings (SSSR count). The highest BCUT2D eigenvalue weighted by molar-refractivity contribution is 7.98. The van der Waals surface area contributed by atoms with Crippen LogP contribution < -0.4 is 21.7 Å². The third-order valence-electron chi connectivity index (χ3n) is 4.54. The van der Waals surface area contributed by atoms with Crippen molar-refractivity contribution in [1.82, 2.24) is 16.0 Å². The van der Waals surface area contributed by atoms with Crippen LogP contribution in [-0.2, 0) is 24.0 Å². The standard InChI is InChI=1S/C20H36N4O7S2/c1-11(2)9-12(21)17(27)22-13(5-7-32-3)18(28)24-15(10-16(25)26)19(29)23-14(20(30)31)6-8-33-4/h11-15H,5-10,21H2,1-4H3,(H,22,27)(H,23,29)(H,24,28)(H,25,26)(H,30,31). The number of thioether (sulfide) groups is 2. The first kappa shape index (κ1) is 31.0. The molecule has 4 atom stereocenters. The normalized spacial score (nSPS) is 14.6. The molecule has 0 bridgehead atoms. The van der Waals surface area contributed by atoms with Gasteiger partial charge in [-0.05, 0) is 49.2 Å². The van der Waals surface area contributed by atoms with E-state index in [4.69, 9.17) is 5.73 Å². The molecule has 0 aliphatic rings. The lowest BCUT2D eigenvalue weighted by atomic mass is 10.0. The monoisotopic (exact) mass is 508 g/mol. The van der Waals surface area contributed by atoms with E-state index >= 15 is 0 Å². The number of rotatable bonds is 17. The summed E-state index contributed by atoms with van der Waals surface area (Å²) < 4.78 is 0. The molecule has 0 fully saturated rings. The number of nitrogens with one attached hydrogen (secondary N) is 3. The van der Waals surface area contributed by atoms with Gasteiger partial charge >= 0.3 is 11.9 Å². The number of carbonyl (C=O) groups excluding carboxylic acids is 3. The lowest BCUT2D eigenvalue weighted by Gasteiger charge is -2.24. The van der Waals surface area contributed by atoms with Crippen molar-refractivity contribution >= 4 is 53.2 Å². The third kappa shape index (κ3) is 13.3. The summed E-state index contributed by atoms with van der Waals surface area (Å²) in [6.07, 6.45) is 3.64. The Morgan fingerprint density at radius 3 is 1.70 bits per heavy atom. The molecule has 0 aliphatic carbocycles. The van der Waals surface area contributed by atoms with E-state index in [1.807, 2.05) is 20.1 Å². The molecule has 3 amide bonds. The number of carboxylic acids is 2. The average Bonchev–Trinajstić information content (AvgIpc) is 2.71. The number of hydrogen-bond donors (Lipinski definition) is 6. The Bertz CT molecular complexity index is 679. The van der Waals surface area contributed by atoms with Crippen LogP contribution >= 0.6 is 23.5 Å². The SMILES string of the molecule is CSCCC(NC(=O)C(CC(=O)O)NC(=O)C(CCSC)NC(=O)C(N)CC(C)C)C(=O)O. The van der Waals surface area contributed by atoms with Gasteiger partial charge in [0.05, 0.1) is 12.5 Å². The van der Waals surface area contributed by atoms with Gasteiger partial charge in [0.25, 0.3) is 0 Å². The fourth-order valence-corrected chi connectivity index (χ4v) is 3.76. The van der Waals surface area contributed by atoms with Crippen molar-refractivity contribution in [3.05, 3.63) is 0 Å². The van der Waals surface area contributed by atoms with E-state index in [2.05, 4.69) is 16.0 Å². The number of carbonyl (C=O) groups is 5. The van der Waals surface area contributed by atoms with Crippen LogP contribution in [-0.4, -0.2) is 88.1 Å². The van der Waals surface area contributed by atoms with E-state index in [1.54, 1.807) is 6.26 Å². The second-order valence-corrected chi connectivity index (χ2v) is 9.89. The Labute approximate surface area is 202 Å². The van der Waals surface area contributed by atoms with E-state index in [0.717, 1.165) is 0 Å². The molecule has 0 radical (unpaired) electrons. The van der Waals surface area contributed by atoms with Gasteiger partial charge in [-0.2, -0.15) is 23.5 Å². The van der Waals surface area contributed by atoms with E-state index in [0.29, 0.717) is 17.9 Å². The minimum absolute atomic E-state index is 0.135. The molecule has 11 nitrogen and oxygen atoms in total. The number of carboxylic acid groups (broad SMARTS) is 2. The van der Waals surface area contributed by atoms with E-state index < -0.39 is 60.2 Å². The zero-order valence-corrected chi connectivity index (χ0v) is 21.1. The first-order valence-corrected chi connectivity index (χ1v) is 13.3. The van der Waals surface area contributed by atoms with Crippen molar-refractivity contribution in [2.75, 3.05) is 24.0 Å². The minimum Gasteiger partial charge on any atom is -0.481 e. The molecule has 0 aromatic rings. The Hall–Kier alpha value is -1.99. The van der Waals surface area contributed by atoms with Crippen molar-refractivity contribution in [2.45, 2.75) is 63.7 Å². The largest absolute Gasteiger partial charge is 0.481 e. The van der Waals surface area contributed by atoms with Crippen LogP contribution in [0.4, 0.5) is 0 Å². The lowest BCUT2D eigenvalue weighted by Crippen LogP contribution is -2.57. The Balaban J connectivity index is 5.43. The predicted molar refractivity (Wildman–Crippen MR) is 129 cm³/mol. The first-order chi connectivity index (χ1) is 15.4. The van der Waals surface area contributed by atoms with Crippen molar-refractivity contribution in [2.24, 2.45) is 11.7 Å². The molecular formula is C20H36N4O7S2. The maximum atomic E-state index is 12.8. The van der Waals surface area contributed by atoms with E-state index in [1.165, 1.54) is 23.5 Å². The zero-order chi connectivity index (χ0) is 25.6. The van der Waals surface area contributed by atoms with E-state index in [-0.39, 0.29) is 18.8 Å². The number of nitrogens with two attached hydrogens (primary N) is 1. The van der Waals surface area contributed by atoms with Gasteiger partial charge in [0.15, 0.2) is 0 Å². The maximum absolute atomic E-state index is 12.8. The quantitative estimate of drug-likeness (QED) is 0.154. The van der Waals surface area contributed by atoms with Crippen LogP contribution in [0.3, 0.4) is 0 Å². The molecule has 0 heterocycles. The highest BCUT2D eigenvalue weighted by Crippen LogP contribution is 2.07. The molecule has 0 saturated heterocycles. The summed E-state index contributed by atoms with van der Waals surface area (Å²) in [5.41, 5.74) is 5.89. The van der Waals surface area contributed by atoms with Crippen LogP contribution in [0.5, 0.6) is 0 Å². The number of aliphatic carboxylic acids is 2. The lowest BCUT2D eigenvalue weighted by molar-refractivity contribution is -0.143. The second-order valence-electron chi connectivity index (χ2n) is 7.92. The fourth-order valence-electron chi connectivity index (χ4n) is 2.82. The molecule has 7 N–H and O–H groups in total. The zero-order valence-electron chi connectivity index (χ0n) is 19.5. The van der Waals surface area contributed by atoms with Crippen molar-refractivity contribution in [3.8, 4) is 0 Å². The van der Waals surface area contributed by atoms with Crippen LogP contribution in [0, 0.1) is 5.92 Å².